The molecule has 1 unspecified atom stereocenters. The average Bonchev–Trinajstić information content (AvgIpc) is 2.74. The third-order valence-electron chi connectivity index (χ3n) is 3.46. The van der Waals surface area contributed by atoms with Crippen LogP contribution in [0.15, 0.2) is 36.7 Å². The highest BCUT2D eigenvalue weighted by atomic mass is 16.3. The molecule has 0 amide bonds. The van der Waals surface area contributed by atoms with Crippen LogP contribution in [0.3, 0.4) is 0 Å². The molecule has 92 valence electrons. The van der Waals surface area contributed by atoms with Gasteiger partial charge in [0.2, 0.25) is 0 Å². The van der Waals surface area contributed by atoms with Gasteiger partial charge in [-0.3, -0.25) is 4.98 Å². The fraction of sp³-hybridized carbons (Fsp3) is 0.267. The Labute approximate surface area is 107 Å². The zero-order valence-corrected chi connectivity index (χ0v) is 10.4. The van der Waals surface area contributed by atoms with Gasteiger partial charge in [-0.1, -0.05) is 12.1 Å². The minimum Gasteiger partial charge on any atom is -0.508 e. The van der Waals surface area contributed by atoms with Gasteiger partial charge in [0.25, 0.3) is 0 Å². The number of hydrogen-bond donors (Lipinski definition) is 2. The van der Waals surface area contributed by atoms with Crippen LogP contribution in [0, 0.1) is 6.92 Å². The highest BCUT2D eigenvalue weighted by molar-refractivity contribution is 5.50. The topological polar surface area (TPSA) is 45.2 Å². The molecular weight excluding hydrogens is 224 g/mol. The molecule has 3 rings (SSSR count). The van der Waals surface area contributed by atoms with Crippen LogP contribution in [0.2, 0.25) is 0 Å². The van der Waals surface area contributed by atoms with E-state index in [4.69, 9.17) is 0 Å². The number of aromatic nitrogens is 1. The summed E-state index contributed by atoms with van der Waals surface area (Å²) in [6.45, 7) is 2.03. The second-order valence-corrected chi connectivity index (χ2v) is 4.83. The molecule has 1 aliphatic rings. The highest BCUT2D eigenvalue weighted by Crippen LogP contribution is 2.38. The van der Waals surface area contributed by atoms with Crippen molar-refractivity contribution in [3.63, 3.8) is 0 Å². The fourth-order valence-electron chi connectivity index (χ4n) is 2.62. The second-order valence-electron chi connectivity index (χ2n) is 4.83. The van der Waals surface area contributed by atoms with Gasteiger partial charge < -0.3 is 10.4 Å². The Hall–Kier alpha value is -2.03. The Morgan fingerprint density at radius 3 is 3.06 bits per heavy atom. The van der Waals surface area contributed by atoms with Crippen LogP contribution in [0.25, 0.3) is 0 Å². The summed E-state index contributed by atoms with van der Waals surface area (Å²) in [5.74, 6) is 0.416. The van der Waals surface area contributed by atoms with Crippen LogP contribution in [0.1, 0.15) is 29.2 Å². The number of phenols is 1. The van der Waals surface area contributed by atoms with Crippen molar-refractivity contribution in [3.8, 4) is 5.75 Å². The molecule has 2 aromatic rings. The lowest BCUT2D eigenvalue weighted by Gasteiger charge is -2.15. The first kappa shape index (κ1) is 11.1. The predicted octanol–water partition coefficient (Wildman–Crippen LogP) is 3.20. The Morgan fingerprint density at radius 2 is 2.22 bits per heavy atom. The molecule has 0 fully saturated rings. The standard InChI is InChI=1S/C15H16N2O/c1-10-7-11(9-16-8-10)17-14-6-5-13-12(14)3-2-4-15(13)18/h2-4,7-9,14,17-18H,5-6H2,1H3. The van der Waals surface area contributed by atoms with Gasteiger partial charge >= 0.3 is 0 Å². The number of phenolic OH excluding ortho intramolecular Hbond substituents is 1. The molecule has 1 heterocycles. The lowest BCUT2D eigenvalue weighted by Crippen LogP contribution is -2.07. The molecule has 3 nitrogen and oxygen atoms in total. The monoisotopic (exact) mass is 240 g/mol. The molecule has 3 heteroatoms. The first-order valence-electron chi connectivity index (χ1n) is 6.23. The van der Waals surface area contributed by atoms with Crippen molar-refractivity contribution in [3.05, 3.63) is 53.3 Å². The van der Waals surface area contributed by atoms with Crippen molar-refractivity contribution in [2.45, 2.75) is 25.8 Å². The van der Waals surface area contributed by atoms with Gasteiger partial charge in [0.05, 0.1) is 11.7 Å². The summed E-state index contributed by atoms with van der Waals surface area (Å²) < 4.78 is 0. The molecule has 0 aliphatic heterocycles. The van der Waals surface area contributed by atoms with E-state index in [1.807, 2.05) is 25.4 Å². The summed E-state index contributed by atoms with van der Waals surface area (Å²) in [6, 6.07) is 8.12. The maximum Gasteiger partial charge on any atom is 0.119 e. The van der Waals surface area contributed by atoms with E-state index in [2.05, 4.69) is 22.4 Å². The molecule has 1 aliphatic carbocycles. The summed E-state index contributed by atoms with van der Waals surface area (Å²) in [5, 5.41) is 13.3. The van der Waals surface area contributed by atoms with Gasteiger partial charge in [0, 0.05) is 12.4 Å². The average molecular weight is 240 g/mol. The zero-order valence-electron chi connectivity index (χ0n) is 10.4. The molecule has 0 radical (unpaired) electrons. The number of rotatable bonds is 2. The van der Waals surface area contributed by atoms with Crippen LogP contribution in [-0.4, -0.2) is 10.1 Å². The van der Waals surface area contributed by atoms with Crippen molar-refractivity contribution in [1.29, 1.82) is 0 Å². The Bertz CT molecular complexity index is 580. The van der Waals surface area contributed by atoms with E-state index in [-0.39, 0.29) is 6.04 Å². The minimum absolute atomic E-state index is 0.274. The quantitative estimate of drug-likeness (QED) is 0.847. The number of nitrogens with one attached hydrogen (secondary N) is 1. The van der Waals surface area contributed by atoms with Gasteiger partial charge in [-0.2, -0.15) is 0 Å². The number of nitrogens with zero attached hydrogens (tertiary/aromatic N) is 1. The Kier molecular flexibility index (Phi) is 2.67. The molecule has 0 saturated heterocycles. The number of aryl methyl sites for hydroxylation is 1. The normalized spacial score (nSPS) is 17.5. The van der Waals surface area contributed by atoms with Crippen molar-refractivity contribution in [2.24, 2.45) is 0 Å². The SMILES string of the molecule is Cc1cncc(NC2CCc3c(O)cccc32)c1. The molecule has 1 aromatic carbocycles. The van der Waals surface area contributed by atoms with Crippen molar-refractivity contribution >= 4 is 5.69 Å². The summed E-state index contributed by atoms with van der Waals surface area (Å²) in [5.41, 5.74) is 4.47. The number of aromatic hydroxyl groups is 1. The van der Waals surface area contributed by atoms with E-state index in [0.717, 1.165) is 29.7 Å². The highest BCUT2D eigenvalue weighted by Gasteiger charge is 2.24. The van der Waals surface area contributed by atoms with E-state index < -0.39 is 0 Å². The van der Waals surface area contributed by atoms with Crippen LogP contribution in [-0.2, 0) is 6.42 Å². The van der Waals surface area contributed by atoms with Gasteiger partial charge in [0.1, 0.15) is 5.75 Å². The molecule has 0 saturated carbocycles. The van der Waals surface area contributed by atoms with Crippen molar-refractivity contribution in [2.75, 3.05) is 5.32 Å². The number of pyridine rings is 1. The fourth-order valence-corrected chi connectivity index (χ4v) is 2.62. The predicted molar refractivity (Wildman–Crippen MR) is 71.8 cm³/mol. The maximum atomic E-state index is 9.82. The maximum absolute atomic E-state index is 9.82. The summed E-state index contributed by atoms with van der Waals surface area (Å²) in [6.07, 6.45) is 5.63. The van der Waals surface area contributed by atoms with Crippen LogP contribution in [0.5, 0.6) is 5.75 Å². The molecule has 2 N–H and O–H groups in total. The van der Waals surface area contributed by atoms with Crippen LogP contribution < -0.4 is 5.32 Å². The third kappa shape index (κ3) is 1.92. The number of anilines is 1. The number of fused-ring (bicyclic) bond motifs is 1. The minimum atomic E-state index is 0.274. The lowest BCUT2D eigenvalue weighted by molar-refractivity contribution is 0.469. The smallest absolute Gasteiger partial charge is 0.119 e. The van der Waals surface area contributed by atoms with Gasteiger partial charge in [-0.25, -0.2) is 0 Å². The Morgan fingerprint density at radius 1 is 1.33 bits per heavy atom. The first-order valence-corrected chi connectivity index (χ1v) is 6.23. The summed E-state index contributed by atoms with van der Waals surface area (Å²) in [7, 11) is 0. The van der Waals surface area contributed by atoms with E-state index in [0.29, 0.717) is 5.75 Å². The Balaban J connectivity index is 1.87. The van der Waals surface area contributed by atoms with Gasteiger partial charge in [-0.05, 0) is 48.6 Å². The molecule has 0 bridgehead atoms. The zero-order chi connectivity index (χ0) is 12.5. The summed E-state index contributed by atoms with van der Waals surface area (Å²) in [4.78, 5) is 4.19. The first-order chi connectivity index (χ1) is 8.74. The molecule has 0 spiro atoms. The van der Waals surface area contributed by atoms with Gasteiger partial charge in [-0.15, -0.1) is 0 Å². The summed E-state index contributed by atoms with van der Waals surface area (Å²) >= 11 is 0. The van der Waals surface area contributed by atoms with Crippen LogP contribution >= 0.6 is 0 Å². The van der Waals surface area contributed by atoms with Crippen molar-refractivity contribution in [1.82, 2.24) is 4.98 Å². The molecular formula is C15H16N2O. The van der Waals surface area contributed by atoms with E-state index in [1.54, 1.807) is 6.07 Å². The van der Waals surface area contributed by atoms with E-state index >= 15 is 0 Å². The van der Waals surface area contributed by atoms with Gasteiger partial charge in [0.15, 0.2) is 0 Å². The lowest BCUT2D eigenvalue weighted by atomic mass is 10.1. The molecule has 1 aromatic heterocycles. The number of benzene rings is 1. The third-order valence-corrected chi connectivity index (χ3v) is 3.46. The van der Waals surface area contributed by atoms with E-state index in [9.17, 15) is 5.11 Å². The molecule has 1 atom stereocenters. The van der Waals surface area contributed by atoms with Crippen LogP contribution in [0.4, 0.5) is 5.69 Å². The van der Waals surface area contributed by atoms with Crippen molar-refractivity contribution < 1.29 is 5.11 Å². The van der Waals surface area contributed by atoms with E-state index in [1.165, 1.54) is 5.56 Å². The largest absolute Gasteiger partial charge is 0.508 e. The number of hydrogen-bond acceptors (Lipinski definition) is 3. The second kappa shape index (κ2) is 4.33. The molecule has 18 heavy (non-hydrogen) atoms.